The van der Waals surface area contributed by atoms with E-state index in [1.165, 1.54) is 24.3 Å². The van der Waals surface area contributed by atoms with Crippen molar-refractivity contribution in [2.45, 2.75) is 51.7 Å². The second-order valence-electron chi connectivity index (χ2n) is 8.30. The normalized spacial score (nSPS) is 28.8. The molecule has 2 fully saturated rings. The van der Waals surface area contributed by atoms with Crippen LogP contribution in [0.4, 0.5) is 4.39 Å². The van der Waals surface area contributed by atoms with Crippen molar-refractivity contribution in [3.05, 3.63) is 35.6 Å². The largest absolute Gasteiger partial charge is 0.378 e. The summed E-state index contributed by atoms with van der Waals surface area (Å²) in [5.41, 5.74) is 5.60. The van der Waals surface area contributed by atoms with Gasteiger partial charge in [-0.05, 0) is 44.0 Å². The Bertz CT molecular complexity index is 725. The molecule has 2 N–H and O–H groups in total. The molecule has 1 aliphatic carbocycles. The number of benzene rings is 1. The summed E-state index contributed by atoms with van der Waals surface area (Å²) in [6.07, 6.45) is 1.95. The maximum atomic E-state index is 13.2. The molecule has 0 bridgehead atoms. The van der Waals surface area contributed by atoms with Gasteiger partial charge in [0.25, 0.3) is 0 Å². The van der Waals surface area contributed by atoms with Crippen molar-refractivity contribution in [1.29, 1.82) is 0 Å². The summed E-state index contributed by atoms with van der Waals surface area (Å²) in [7, 11) is 0. The number of carbonyl (C=O) groups is 2. The van der Waals surface area contributed by atoms with Gasteiger partial charge in [0.15, 0.2) is 5.78 Å². The highest BCUT2D eigenvalue weighted by molar-refractivity contribution is 5.98. The zero-order chi connectivity index (χ0) is 19.8. The molecular formula is C21H30ClFN2O3. The van der Waals surface area contributed by atoms with Crippen molar-refractivity contribution in [2.24, 2.45) is 17.1 Å². The Balaban J connectivity index is 0.00000280. The molecule has 1 aliphatic heterocycles. The highest BCUT2D eigenvalue weighted by Crippen LogP contribution is 2.50. The molecule has 3 atom stereocenters. The maximum Gasteiger partial charge on any atom is 0.243 e. The zero-order valence-electron chi connectivity index (χ0n) is 16.7. The number of hydrogen-bond donors (Lipinski definition) is 1. The number of nitrogens with two attached hydrogens (primary N) is 1. The quantitative estimate of drug-likeness (QED) is 0.754. The van der Waals surface area contributed by atoms with Crippen LogP contribution >= 0.6 is 12.4 Å². The Labute approximate surface area is 172 Å². The van der Waals surface area contributed by atoms with Crippen LogP contribution in [0.2, 0.25) is 0 Å². The Hall–Kier alpha value is -1.50. The molecule has 5 nitrogen and oxygen atoms in total. The second-order valence-corrected chi connectivity index (χ2v) is 8.30. The van der Waals surface area contributed by atoms with Gasteiger partial charge in [0.1, 0.15) is 11.4 Å². The number of Topliss-reactive ketones (excluding diaryl/α,β-unsaturated/α-hetero) is 1. The van der Waals surface area contributed by atoms with Gasteiger partial charge in [-0.2, -0.15) is 0 Å². The highest BCUT2D eigenvalue weighted by Gasteiger charge is 2.63. The van der Waals surface area contributed by atoms with Gasteiger partial charge in [-0.1, -0.05) is 13.8 Å². The van der Waals surface area contributed by atoms with E-state index in [9.17, 15) is 14.0 Å². The first-order valence-electron chi connectivity index (χ1n) is 9.70. The first kappa shape index (κ1) is 22.8. The molecule has 0 radical (unpaired) electrons. The van der Waals surface area contributed by atoms with Crippen molar-refractivity contribution in [2.75, 3.05) is 19.7 Å². The van der Waals surface area contributed by atoms with Gasteiger partial charge in [0.2, 0.25) is 5.91 Å². The molecule has 7 heteroatoms. The van der Waals surface area contributed by atoms with Crippen LogP contribution in [0.15, 0.2) is 24.3 Å². The fourth-order valence-electron chi connectivity index (χ4n) is 4.31. The smallest absolute Gasteiger partial charge is 0.243 e. The topological polar surface area (TPSA) is 72.6 Å². The summed E-state index contributed by atoms with van der Waals surface area (Å²) in [5, 5.41) is 0. The lowest BCUT2D eigenvalue weighted by molar-refractivity contribution is -0.180. The van der Waals surface area contributed by atoms with E-state index in [0.29, 0.717) is 31.7 Å². The summed E-state index contributed by atoms with van der Waals surface area (Å²) in [5.74, 6) is -0.783. The van der Waals surface area contributed by atoms with Crippen LogP contribution in [-0.4, -0.2) is 47.9 Å². The molecule has 0 aromatic heterocycles. The van der Waals surface area contributed by atoms with Crippen LogP contribution in [0.25, 0.3) is 0 Å². The average molecular weight is 413 g/mol. The van der Waals surface area contributed by atoms with E-state index in [4.69, 9.17) is 10.5 Å². The van der Waals surface area contributed by atoms with Gasteiger partial charge in [-0.25, -0.2) is 4.39 Å². The van der Waals surface area contributed by atoms with E-state index in [0.717, 1.165) is 12.8 Å². The Kier molecular flexibility index (Phi) is 6.90. The molecule has 28 heavy (non-hydrogen) atoms. The standard InChI is InChI=1S/C21H29FN2O3.ClH/c1-4-27-17-12-21(23,20(17,2)3)19(26)24-11-5-6-15(13-24)18(25)14-7-9-16(22)10-8-14;/h7-10,15,17H,4-6,11-13,23H2,1-3H3;1H. The second kappa shape index (κ2) is 8.47. The fourth-order valence-corrected chi connectivity index (χ4v) is 4.31. The van der Waals surface area contributed by atoms with E-state index in [1.54, 1.807) is 4.90 Å². The monoisotopic (exact) mass is 412 g/mol. The van der Waals surface area contributed by atoms with E-state index in [-0.39, 0.29) is 41.9 Å². The maximum absolute atomic E-state index is 13.2. The average Bonchev–Trinajstić information content (AvgIpc) is 2.67. The van der Waals surface area contributed by atoms with Crippen LogP contribution in [0, 0.1) is 17.2 Å². The fraction of sp³-hybridized carbons (Fsp3) is 0.619. The van der Waals surface area contributed by atoms with Crippen molar-refractivity contribution >= 4 is 24.1 Å². The predicted octanol–water partition coefficient (Wildman–Crippen LogP) is 3.20. The number of likely N-dealkylation sites (tertiary alicyclic amines) is 1. The van der Waals surface area contributed by atoms with E-state index < -0.39 is 11.0 Å². The lowest BCUT2D eigenvalue weighted by Gasteiger charge is -2.59. The molecule has 2 aliphatic rings. The minimum Gasteiger partial charge on any atom is -0.378 e. The number of carbonyl (C=O) groups excluding carboxylic acids is 2. The molecule has 3 rings (SSSR count). The first-order chi connectivity index (χ1) is 12.7. The molecule has 1 amide bonds. The predicted molar refractivity (Wildman–Crippen MR) is 108 cm³/mol. The number of hydrogen-bond acceptors (Lipinski definition) is 4. The lowest BCUT2D eigenvalue weighted by atomic mass is 9.54. The number of ketones is 1. The first-order valence-corrected chi connectivity index (χ1v) is 9.70. The Morgan fingerprint density at radius 2 is 1.93 bits per heavy atom. The van der Waals surface area contributed by atoms with Crippen LogP contribution in [0.1, 0.15) is 50.4 Å². The number of amides is 1. The molecule has 1 heterocycles. The number of ether oxygens (including phenoxy) is 1. The van der Waals surface area contributed by atoms with Crippen LogP contribution in [0.5, 0.6) is 0 Å². The van der Waals surface area contributed by atoms with Crippen LogP contribution in [0.3, 0.4) is 0 Å². The van der Waals surface area contributed by atoms with Crippen molar-refractivity contribution in [3.8, 4) is 0 Å². The van der Waals surface area contributed by atoms with Gasteiger partial charge < -0.3 is 15.4 Å². The van der Waals surface area contributed by atoms with E-state index >= 15 is 0 Å². The van der Waals surface area contributed by atoms with Crippen molar-refractivity contribution < 1.29 is 18.7 Å². The minimum absolute atomic E-state index is 0. The van der Waals surface area contributed by atoms with Crippen molar-refractivity contribution in [1.82, 2.24) is 4.90 Å². The summed E-state index contributed by atoms with van der Waals surface area (Å²) in [4.78, 5) is 27.7. The lowest BCUT2D eigenvalue weighted by Crippen LogP contribution is -2.76. The molecule has 1 aromatic carbocycles. The number of halogens is 2. The third kappa shape index (κ3) is 3.82. The minimum atomic E-state index is -0.965. The molecule has 1 aromatic rings. The summed E-state index contributed by atoms with van der Waals surface area (Å²) in [6, 6.07) is 5.59. The van der Waals surface area contributed by atoms with Crippen LogP contribution < -0.4 is 5.73 Å². The third-order valence-electron chi connectivity index (χ3n) is 6.42. The Morgan fingerprint density at radius 1 is 1.29 bits per heavy atom. The van der Waals surface area contributed by atoms with Crippen molar-refractivity contribution in [3.63, 3.8) is 0 Å². The number of rotatable bonds is 5. The van der Waals surface area contributed by atoms with Gasteiger partial charge in [0.05, 0.1) is 6.10 Å². The molecule has 0 spiro atoms. The summed E-state index contributed by atoms with van der Waals surface area (Å²) < 4.78 is 18.8. The van der Waals surface area contributed by atoms with E-state index in [1.807, 2.05) is 20.8 Å². The number of nitrogens with zero attached hydrogens (tertiary/aromatic N) is 1. The summed E-state index contributed by atoms with van der Waals surface area (Å²) in [6.45, 7) is 7.45. The molecule has 1 saturated carbocycles. The zero-order valence-corrected chi connectivity index (χ0v) is 17.6. The van der Waals surface area contributed by atoms with Gasteiger partial charge in [-0.3, -0.25) is 9.59 Å². The SMILES string of the molecule is CCOC1CC(N)(C(=O)N2CCCC(C(=O)c3ccc(F)cc3)C2)C1(C)C.Cl. The van der Waals surface area contributed by atoms with Crippen LogP contribution in [-0.2, 0) is 9.53 Å². The molecule has 156 valence electrons. The molecule has 1 saturated heterocycles. The van der Waals surface area contributed by atoms with Gasteiger partial charge in [0, 0.05) is 43.0 Å². The van der Waals surface area contributed by atoms with E-state index in [2.05, 4.69) is 0 Å². The number of piperidine rings is 1. The molecular weight excluding hydrogens is 383 g/mol. The highest BCUT2D eigenvalue weighted by atomic mass is 35.5. The molecule has 3 unspecified atom stereocenters. The Morgan fingerprint density at radius 3 is 2.50 bits per heavy atom. The summed E-state index contributed by atoms with van der Waals surface area (Å²) >= 11 is 0. The van der Waals surface area contributed by atoms with Gasteiger partial charge >= 0.3 is 0 Å². The van der Waals surface area contributed by atoms with Gasteiger partial charge in [-0.15, -0.1) is 12.4 Å². The third-order valence-corrected chi connectivity index (χ3v) is 6.42.